The lowest BCUT2D eigenvalue weighted by molar-refractivity contribution is -0.129. The number of rotatable bonds is 10. The Hall–Kier alpha value is -2.70. The zero-order chi connectivity index (χ0) is 22.2. The van der Waals surface area contributed by atoms with Crippen LogP contribution in [0.25, 0.3) is 11.1 Å². The Labute approximate surface area is 183 Å². The van der Waals surface area contributed by atoms with Crippen LogP contribution >= 0.6 is 0 Å². The minimum atomic E-state index is -0.733. The van der Waals surface area contributed by atoms with Crippen LogP contribution in [0.2, 0.25) is 0 Å². The standard InChI is InChI=1S/C24H33N3O4/c1-3-4-12-19(22(29)24-27-18-13-8-9-14-21(18)31-24)26-23(30)20(25-16(2)28)15-17-10-6-5-7-11-17/h8-9,13-14,17,19-20H,3-7,10-12,15H2,1-2H3,(H,25,28)(H,26,30)/t19-,20-/m0/s1. The number of oxazole rings is 1. The Bertz CT molecular complexity index is 868. The molecule has 0 spiro atoms. The van der Waals surface area contributed by atoms with Crippen LogP contribution in [-0.2, 0) is 9.59 Å². The van der Waals surface area contributed by atoms with Gasteiger partial charge in [0, 0.05) is 6.92 Å². The van der Waals surface area contributed by atoms with Gasteiger partial charge in [-0.15, -0.1) is 0 Å². The summed E-state index contributed by atoms with van der Waals surface area (Å²) in [7, 11) is 0. The number of hydrogen-bond acceptors (Lipinski definition) is 5. The van der Waals surface area contributed by atoms with Crippen molar-refractivity contribution in [3.8, 4) is 0 Å². The van der Waals surface area contributed by atoms with Gasteiger partial charge in [-0.25, -0.2) is 4.98 Å². The van der Waals surface area contributed by atoms with Crippen molar-refractivity contribution in [2.75, 3.05) is 0 Å². The van der Waals surface area contributed by atoms with E-state index < -0.39 is 12.1 Å². The maximum atomic E-state index is 13.1. The van der Waals surface area contributed by atoms with Crippen molar-refractivity contribution < 1.29 is 18.8 Å². The predicted molar refractivity (Wildman–Crippen MR) is 119 cm³/mol. The molecule has 1 fully saturated rings. The van der Waals surface area contributed by atoms with E-state index in [1.54, 1.807) is 12.1 Å². The SMILES string of the molecule is CCCC[C@H](NC(=O)[C@H](CC1CCCCC1)NC(C)=O)C(=O)c1nc2ccccc2o1. The van der Waals surface area contributed by atoms with Crippen LogP contribution in [-0.4, -0.2) is 34.7 Å². The number of amides is 2. The van der Waals surface area contributed by atoms with Gasteiger partial charge in [-0.1, -0.05) is 64.0 Å². The topological polar surface area (TPSA) is 101 Å². The molecule has 0 saturated heterocycles. The van der Waals surface area contributed by atoms with Crippen molar-refractivity contribution in [1.82, 2.24) is 15.6 Å². The number of para-hydroxylation sites is 2. The van der Waals surface area contributed by atoms with E-state index in [1.165, 1.54) is 13.3 Å². The summed E-state index contributed by atoms with van der Waals surface area (Å²) in [6.07, 6.45) is 8.47. The lowest BCUT2D eigenvalue weighted by atomic mass is 9.84. The van der Waals surface area contributed by atoms with Crippen molar-refractivity contribution in [2.45, 2.75) is 83.7 Å². The van der Waals surface area contributed by atoms with Crippen LogP contribution in [0, 0.1) is 5.92 Å². The summed E-state index contributed by atoms with van der Waals surface area (Å²) in [6.45, 7) is 3.45. The van der Waals surface area contributed by atoms with Crippen LogP contribution in [0.4, 0.5) is 0 Å². The molecular formula is C24H33N3O4. The Morgan fingerprint density at radius 2 is 1.84 bits per heavy atom. The molecule has 168 valence electrons. The average Bonchev–Trinajstić information content (AvgIpc) is 3.20. The molecule has 1 saturated carbocycles. The zero-order valence-electron chi connectivity index (χ0n) is 18.5. The Morgan fingerprint density at radius 3 is 2.52 bits per heavy atom. The number of unbranched alkanes of at least 4 members (excludes halogenated alkanes) is 1. The molecule has 1 aliphatic rings. The van der Waals surface area contributed by atoms with Crippen LogP contribution in [0.15, 0.2) is 28.7 Å². The number of carbonyl (C=O) groups excluding carboxylic acids is 3. The lowest BCUT2D eigenvalue weighted by Crippen LogP contribution is -2.52. The molecule has 31 heavy (non-hydrogen) atoms. The zero-order valence-corrected chi connectivity index (χ0v) is 18.5. The fourth-order valence-electron chi connectivity index (χ4n) is 4.31. The number of carbonyl (C=O) groups is 3. The number of nitrogens with zero attached hydrogens (tertiary/aromatic N) is 1. The van der Waals surface area contributed by atoms with Crippen molar-refractivity contribution >= 4 is 28.7 Å². The number of nitrogens with one attached hydrogen (secondary N) is 2. The molecular weight excluding hydrogens is 394 g/mol. The molecule has 7 nitrogen and oxygen atoms in total. The number of ketones is 1. The van der Waals surface area contributed by atoms with Gasteiger partial charge in [0.1, 0.15) is 11.6 Å². The highest BCUT2D eigenvalue weighted by atomic mass is 16.4. The van der Waals surface area contributed by atoms with Crippen molar-refractivity contribution in [2.24, 2.45) is 5.92 Å². The van der Waals surface area contributed by atoms with Crippen molar-refractivity contribution in [1.29, 1.82) is 0 Å². The van der Waals surface area contributed by atoms with Crippen LogP contribution in [0.5, 0.6) is 0 Å². The van der Waals surface area contributed by atoms with Gasteiger partial charge >= 0.3 is 0 Å². The normalized spacial score (nSPS) is 16.6. The van der Waals surface area contributed by atoms with E-state index in [4.69, 9.17) is 4.42 Å². The number of fused-ring (bicyclic) bond motifs is 1. The molecule has 1 aromatic heterocycles. The van der Waals surface area contributed by atoms with E-state index in [9.17, 15) is 14.4 Å². The molecule has 0 bridgehead atoms. The highest BCUT2D eigenvalue weighted by Gasteiger charge is 2.31. The first kappa shape index (κ1) is 23.0. The van der Waals surface area contributed by atoms with Gasteiger partial charge in [-0.2, -0.15) is 0 Å². The van der Waals surface area contributed by atoms with Crippen LogP contribution in [0.1, 0.15) is 82.3 Å². The largest absolute Gasteiger partial charge is 0.434 e. The molecule has 2 aromatic rings. The third kappa shape index (κ3) is 6.39. The second-order valence-corrected chi connectivity index (χ2v) is 8.55. The molecule has 2 atom stereocenters. The van der Waals surface area contributed by atoms with Gasteiger partial charge in [0.05, 0.1) is 6.04 Å². The average molecular weight is 428 g/mol. The maximum absolute atomic E-state index is 13.1. The minimum absolute atomic E-state index is 0.00552. The molecule has 3 rings (SSSR count). The molecule has 0 aliphatic heterocycles. The predicted octanol–water partition coefficient (Wildman–Crippen LogP) is 4.16. The minimum Gasteiger partial charge on any atom is -0.434 e. The second kappa shape index (κ2) is 11.1. The van der Waals surface area contributed by atoms with Gasteiger partial charge < -0.3 is 15.1 Å². The summed E-state index contributed by atoms with van der Waals surface area (Å²) >= 11 is 0. The highest BCUT2D eigenvalue weighted by molar-refractivity contribution is 6.00. The van der Waals surface area contributed by atoms with E-state index in [2.05, 4.69) is 15.6 Å². The number of hydrogen-bond donors (Lipinski definition) is 2. The van der Waals surface area contributed by atoms with E-state index in [0.717, 1.165) is 38.5 Å². The molecule has 2 N–H and O–H groups in total. The van der Waals surface area contributed by atoms with Crippen LogP contribution in [0.3, 0.4) is 0 Å². The van der Waals surface area contributed by atoms with Crippen molar-refractivity contribution in [3.05, 3.63) is 30.2 Å². The molecule has 2 amide bonds. The van der Waals surface area contributed by atoms with E-state index >= 15 is 0 Å². The third-order valence-corrected chi connectivity index (χ3v) is 5.97. The van der Waals surface area contributed by atoms with Gasteiger partial charge in [0.2, 0.25) is 17.6 Å². The number of benzene rings is 1. The molecule has 1 aliphatic carbocycles. The van der Waals surface area contributed by atoms with E-state index in [1.807, 2.05) is 19.1 Å². The summed E-state index contributed by atoms with van der Waals surface area (Å²) in [4.78, 5) is 42.3. The fourth-order valence-corrected chi connectivity index (χ4v) is 4.31. The number of aromatic nitrogens is 1. The summed E-state index contributed by atoms with van der Waals surface area (Å²) < 4.78 is 5.64. The molecule has 0 radical (unpaired) electrons. The summed E-state index contributed by atoms with van der Waals surface area (Å²) in [5, 5.41) is 5.67. The first-order valence-corrected chi connectivity index (χ1v) is 11.4. The van der Waals surface area contributed by atoms with Crippen LogP contribution < -0.4 is 10.6 Å². The van der Waals surface area contributed by atoms with E-state index in [-0.39, 0.29) is 23.5 Å². The van der Waals surface area contributed by atoms with Crippen molar-refractivity contribution in [3.63, 3.8) is 0 Å². The third-order valence-electron chi connectivity index (χ3n) is 5.97. The Balaban J connectivity index is 1.73. The lowest BCUT2D eigenvalue weighted by Gasteiger charge is -2.27. The highest BCUT2D eigenvalue weighted by Crippen LogP contribution is 2.27. The summed E-state index contributed by atoms with van der Waals surface area (Å²) in [5.41, 5.74) is 1.15. The molecule has 1 aromatic carbocycles. The first-order chi connectivity index (χ1) is 15.0. The second-order valence-electron chi connectivity index (χ2n) is 8.55. The summed E-state index contributed by atoms with van der Waals surface area (Å²) in [6, 6.07) is 5.83. The van der Waals surface area contributed by atoms with Gasteiger partial charge in [0.25, 0.3) is 5.89 Å². The Kier molecular flexibility index (Phi) is 8.20. The van der Waals surface area contributed by atoms with Gasteiger partial charge in [-0.05, 0) is 30.9 Å². The first-order valence-electron chi connectivity index (χ1n) is 11.4. The quantitative estimate of drug-likeness (QED) is 0.555. The molecule has 1 heterocycles. The van der Waals surface area contributed by atoms with Gasteiger partial charge in [-0.3, -0.25) is 14.4 Å². The molecule has 7 heteroatoms. The number of Topliss-reactive ketones (excluding diaryl/α,β-unsaturated/α-hetero) is 1. The summed E-state index contributed by atoms with van der Waals surface area (Å²) in [5.74, 6) is -0.473. The monoisotopic (exact) mass is 427 g/mol. The molecule has 0 unspecified atom stereocenters. The fraction of sp³-hybridized carbons (Fsp3) is 0.583. The maximum Gasteiger partial charge on any atom is 0.266 e. The smallest absolute Gasteiger partial charge is 0.266 e. The Morgan fingerprint density at radius 1 is 1.10 bits per heavy atom. The van der Waals surface area contributed by atoms with E-state index in [0.29, 0.717) is 29.9 Å². The van der Waals surface area contributed by atoms with Gasteiger partial charge in [0.15, 0.2) is 5.58 Å².